The van der Waals surface area contributed by atoms with E-state index in [-0.39, 0.29) is 23.8 Å². The molecule has 0 fully saturated rings. The third-order valence-electron chi connectivity index (χ3n) is 4.73. The average Bonchev–Trinajstić information content (AvgIpc) is 2.73. The van der Waals surface area contributed by atoms with E-state index in [0.717, 1.165) is 9.13 Å². The molecular formula is C21H27N3O7. The zero-order valence-corrected chi connectivity index (χ0v) is 18.5. The van der Waals surface area contributed by atoms with Gasteiger partial charge in [-0.2, -0.15) is 0 Å². The summed E-state index contributed by atoms with van der Waals surface area (Å²) in [5.41, 5.74) is 4.91. The summed E-state index contributed by atoms with van der Waals surface area (Å²) in [5, 5.41) is 0. The van der Waals surface area contributed by atoms with Crippen LogP contribution in [-0.4, -0.2) is 41.7 Å². The van der Waals surface area contributed by atoms with Gasteiger partial charge in [0.25, 0.3) is 5.56 Å². The highest BCUT2D eigenvalue weighted by Crippen LogP contribution is 2.29. The minimum absolute atomic E-state index is 0.0461. The smallest absolute Gasteiger partial charge is 0.338 e. The van der Waals surface area contributed by atoms with Crippen molar-refractivity contribution in [3.05, 3.63) is 49.7 Å². The average molecular weight is 433 g/mol. The van der Waals surface area contributed by atoms with Crippen LogP contribution in [0.5, 0.6) is 11.5 Å². The summed E-state index contributed by atoms with van der Waals surface area (Å²) in [7, 11) is 4.16. The van der Waals surface area contributed by atoms with Gasteiger partial charge in [-0.1, -0.05) is 13.8 Å². The van der Waals surface area contributed by atoms with Crippen molar-refractivity contribution >= 4 is 17.6 Å². The number of Topliss-reactive ketones (excluding diaryl/α,β-unsaturated/α-hetero) is 1. The lowest BCUT2D eigenvalue weighted by Crippen LogP contribution is -2.43. The number of nitrogens with zero attached hydrogens (tertiary/aromatic N) is 2. The second kappa shape index (κ2) is 9.50. The van der Waals surface area contributed by atoms with Crippen molar-refractivity contribution in [2.75, 3.05) is 26.6 Å². The van der Waals surface area contributed by atoms with Crippen LogP contribution in [-0.2, 0) is 18.3 Å². The van der Waals surface area contributed by atoms with Crippen LogP contribution in [0.3, 0.4) is 0 Å². The van der Waals surface area contributed by atoms with Crippen LogP contribution in [0.1, 0.15) is 40.1 Å². The highest BCUT2D eigenvalue weighted by atomic mass is 16.5. The Morgan fingerprint density at radius 1 is 1.10 bits per heavy atom. The minimum Gasteiger partial charge on any atom is -0.496 e. The number of hydrogen-bond donors (Lipinski definition) is 1. The summed E-state index contributed by atoms with van der Waals surface area (Å²) < 4.78 is 17.5. The Hall–Kier alpha value is -3.56. The normalized spacial score (nSPS) is 10.8. The number of methoxy groups -OCH3 is 2. The van der Waals surface area contributed by atoms with Gasteiger partial charge in [-0.25, -0.2) is 9.59 Å². The number of nitrogens with two attached hydrogens (primary N) is 1. The molecule has 0 amide bonds. The Balaban J connectivity index is 2.33. The topological polar surface area (TPSA) is 132 Å². The minimum atomic E-state index is -0.845. The van der Waals surface area contributed by atoms with Crippen LogP contribution in [0.25, 0.3) is 0 Å². The van der Waals surface area contributed by atoms with Gasteiger partial charge < -0.3 is 19.9 Å². The first-order chi connectivity index (χ1) is 14.5. The van der Waals surface area contributed by atoms with E-state index >= 15 is 0 Å². The molecule has 0 saturated heterocycles. The first-order valence-corrected chi connectivity index (χ1v) is 9.55. The highest BCUT2D eigenvalue weighted by Gasteiger charge is 2.23. The standard InChI is InChI=1S/C21H27N3O7/c1-11(2)9-24-18(22)17(19(26)23(4)21(24)28)14(25)10-31-20(27)13-7-15(29-5)12(3)16(8-13)30-6/h7-8,11H,9-10,22H2,1-6H3. The Morgan fingerprint density at radius 3 is 2.13 bits per heavy atom. The summed E-state index contributed by atoms with van der Waals surface area (Å²) in [4.78, 5) is 50.0. The molecule has 10 heteroatoms. The van der Waals surface area contributed by atoms with E-state index in [0.29, 0.717) is 17.1 Å². The number of nitrogen functional groups attached to an aromatic ring is 1. The Bertz CT molecular complexity index is 1100. The van der Waals surface area contributed by atoms with Crippen LogP contribution in [0, 0.1) is 12.8 Å². The van der Waals surface area contributed by atoms with Gasteiger partial charge in [0.15, 0.2) is 6.61 Å². The van der Waals surface area contributed by atoms with Crippen molar-refractivity contribution in [3.8, 4) is 11.5 Å². The Kier molecular flexibility index (Phi) is 7.27. The summed E-state index contributed by atoms with van der Waals surface area (Å²) >= 11 is 0. The maximum atomic E-state index is 12.7. The monoisotopic (exact) mass is 433 g/mol. The maximum Gasteiger partial charge on any atom is 0.338 e. The summed E-state index contributed by atoms with van der Waals surface area (Å²) in [5.74, 6) is -0.995. The van der Waals surface area contributed by atoms with Crippen LogP contribution in [0.2, 0.25) is 0 Å². The molecule has 0 aliphatic carbocycles. The number of aromatic nitrogens is 2. The number of esters is 1. The molecule has 10 nitrogen and oxygen atoms in total. The van der Waals surface area contributed by atoms with Gasteiger partial charge >= 0.3 is 11.7 Å². The Labute approximate surface area is 179 Å². The fourth-order valence-electron chi connectivity index (χ4n) is 3.08. The number of carbonyl (C=O) groups is 2. The van der Waals surface area contributed by atoms with E-state index in [9.17, 15) is 19.2 Å². The second-order valence-corrected chi connectivity index (χ2v) is 7.42. The SMILES string of the molecule is COc1cc(C(=O)OCC(=O)c2c(N)n(CC(C)C)c(=O)n(C)c2=O)cc(OC)c1C. The van der Waals surface area contributed by atoms with Crippen molar-refractivity contribution in [2.24, 2.45) is 13.0 Å². The fraction of sp³-hybridized carbons (Fsp3) is 0.429. The quantitative estimate of drug-likeness (QED) is 0.484. The fourth-order valence-corrected chi connectivity index (χ4v) is 3.08. The molecule has 1 aromatic carbocycles. The lowest BCUT2D eigenvalue weighted by atomic mass is 10.1. The molecule has 31 heavy (non-hydrogen) atoms. The predicted molar refractivity (Wildman–Crippen MR) is 114 cm³/mol. The molecule has 1 heterocycles. The summed E-state index contributed by atoms with van der Waals surface area (Å²) in [6.07, 6.45) is 0. The molecule has 2 rings (SSSR count). The maximum absolute atomic E-state index is 12.7. The second-order valence-electron chi connectivity index (χ2n) is 7.42. The molecule has 0 saturated carbocycles. The lowest BCUT2D eigenvalue weighted by Gasteiger charge is -2.16. The molecule has 1 aromatic heterocycles. The van der Waals surface area contributed by atoms with E-state index in [2.05, 4.69) is 0 Å². The van der Waals surface area contributed by atoms with E-state index < -0.39 is 35.2 Å². The van der Waals surface area contributed by atoms with E-state index in [1.165, 1.54) is 33.4 Å². The lowest BCUT2D eigenvalue weighted by molar-refractivity contribution is 0.0473. The van der Waals surface area contributed by atoms with Crippen molar-refractivity contribution in [3.63, 3.8) is 0 Å². The summed E-state index contributed by atoms with van der Waals surface area (Å²) in [6, 6.07) is 2.92. The summed E-state index contributed by atoms with van der Waals surface area (Å²) in [6.45, 7) is 4.99. The highest BCUT2D eigenvalue weighted by molar-refractivity contribution is 6.02. The first kappa shape index (κ1) is 23.7. The van der Waals surface area contributed by atoms with Crippen molar-refractivity contribution < 1.29 is 23.8 Å². The van der Waals surface area contributed by atoms with Crippen LogP contribution < -0.4 is 26.5 Å². The molecular weight excluding hydrogens is 406 g/mol. The zero-order valence-electron chi connectivity index (χ0n) is 18.5. The Morgan fingerprint density at radius 2 is 1.65 bits per heavy atom. The van der Waals surface area contributed by atoms with Crippen LogP contribution in [0.15, 0.2) is 21.7 Å². The number of ether oxygens (including phenoxy) is 3. The molecule has 0 spiro atoms. The molecule has 0 bridgehead atoms. The van der Waals surface area contributed by atoms with Crippen LogP contribution in [0.4, 0.5) is 5.82 Å². The molecule has 0 atom stereocenters. The number of benzene rings is 1. The van der Waals surface area contributed by atoms with Gasteiger partial charge in [0.2, 0.25) is 5.78 Å². The number of rotatable bonds is 8. The van der Waals surface area contributed by atoms with Gasteiger partial charge in [0.1, 0.15) is 22.9 Å². The molecule has 2 N–H and O–H groups in total. The largest absolute Gasteiger partial charge is 0.496 e. The molecule has 0 aliphatic rings. The van der Waals surface area contributed by atoms with Gasteiger partial charge in [0, 0.05) is 19.2 Å². The van der Waals surface area contributed by atoms with Gasteiger partial charge in [-0.3, -0.25) is 18.7 Å². The molecule has 2 aromatic rings. The van der Waals surface area contributed by atoms with Crippen molar-refractivity contribution in [1.29, 1.82) is 0 Å². The number of ketones is 1. The van der Waals surface area contributed by atoms with Crippen LogP contribution >= 0.6 is 0 Å². The third kappa shape index (κ3) is 4.79. The predicted octanol–water partition coefficient (Wildman–Crippen LogP) is 1.15. The number of anilines is 1. The number of hydrogen-bond acceptors (Lipinski definition) is 8. The van der Waals surface area contributed by atoms with Crippen molar-refractivity contribution in [2.45, 2.75) is 27.3 Å². The number of carbonyl (C=O) groups excluding carboxylic acids is 2. The first-order valence-electron chi connectivity index (χ1n) is 9.55. The van der Waals surface area contributed by atoms with Crippen molar-refractivity contribution in [1.82, 2.24) is 9.13 Å². The molecule has 168 valence electrons. The molecule has 0 aliphatic heterocycles. The van der Waals surface area contributed by atoms with E-state index in [4.69, 9.17) is 19.9 Å². The van der Waals surface area contributed by atoms with Gasteiger partial charge in [-0.15, -0.1) is 0 Å². The third-order valence-corrected chi connectivity index (χ3v) is 4.73. The zero-order chi connectivity index (χ0) is 23.5. The molecule has 0 radical (unpaired) electrons. The van der Waals surface area contributed by atoms with Gasteiger partial charge in [0.05, 0.1) is 19.8 Å². The van der Waals surface area contributed by atoms with E-state index in [1.54, 1.807) is 6.92 Å². The molecule has 0 unspecified atom stereocenters. The van der Waals surface area contributed by atoms with E-state index in [1.807, 2.05) is 13.8 Å². The van der Waals surface area contributed by atoms with Gasteiger partial charge in [-0.05, 0) is 25.0 Å².